The molecule has 204 valence electrons. The minimum atomic E-state index is -2.19. The van der Waals surface area contributed by atoms with E-state index in [4.69, 9.17) is 14.1 Å². The normalized spacial score (nSPS) is 18.3. The molecule has 2 saturated heterocycles. The molecular weight excluding hydrogens is 536 g/mol. The Hall–Kier alpha value is -3.45. The summed E-state index contributed by atoms with van der Waals surface area (Å²) in [7, 11) is -2.19. The predicted molar refractivity (Wildman–Crippen MR) is 159 cm³/mol. The molecule has 0 bridgehead atoms. The maximum Gasteiger partial charge on any atom is 0.229 e. The monoisotopic (exact) mass is 566 g/mol. The number of benzene rings is 1. The van der Waals surface area contributed by atoms with Crippen LogP contribution >= 0.6 is 11.3 Å². The zero-order chi connectivity index (χ0) is 27.0. The molecule has 0 saturated carbocycles. The van der Waals surface area contributed by atoms with Crippen molar-refractivity contribution in [1.29, 1.82) is 0 Å². The fraction of sp³-hybridized carbons (Fsp3) is 0.333. The molecule has 2 fully saturated rings. The number of hydrogen-bond donors (Lipinski definition) is 1. The van der Waals surface area contributed by atoms with Crippen LogP contribution in [0.15, 0.2) is 57.2 Å². The van der Waals surface area contributed by atoms with Crippen molar-refractivity contribution in [3.05, 3.63) is 58.2 Å². The number of anilines is 4. The molecule has 12 heteroatoms. The number of aromatic nitrogens is 2. The highest BCUT2D eigenvalue weighted by Gasteiger charge is 2.22. The number of hydrogen-bond acceptors (Lipinski definition) is 10. The number of nitrogens with zero attached hydrogens (tertiary/aromatic N) is 5. The third-order valence-electron chi connectivity index (χ3n) is 6.95. The van der Waals surface area contributed by atoms with Crippen molar-refractivity contribution in [3.63, 3.8) is 0 Å². The van der Waals surface area contributed by atoms with Gasteiger partial charge in [-0.15, -0.1) is 11.3 Å². The molecule has 6 rings (SSSR count). The van der Waals surface area contributed by atoms with E-state index >= 15 is 0 Å². The lowest BCUT2D eigenvalue weighted by molar-refractivity contribution is 0.121. The summed E-state index contributed by atoms with van der Waals surface area (Å²) in [4.78, 5) is 26.1. The van der Waals surface area contributed by atoms with Gasteiger partial charge in [0.05, 0.1) is 13.2 Å². The minimum Gasteiger partial charge on any atom is -0.439 e. The first-order valence-electron chi connectivity index (χ1n) is 12.8. The largest absolute Gasteiger partial charge is 0.439 e. The summed E-state index contributed by atoms with van der Waals surface area (Å²) < 4.78 is 26.5. The lowest BCUT2D eigenvalue weighted by Crippen LogP contribution is -2.48. The fourth-order valence-electron chi connectivity index (χ4n) is 4.82. The first kappa shape index (κ1) is 25.8. The molecule has 10 nitrogen and oxygen atoms in total. The Morgan fingerprint density at radius 2 is 1.77 bits per heavy atom. The van der Waals surface area contributed by atoms with Crippen LogP contribution in [0.2, 0.25) is 0 Å². The number of thiophene rings is 1. The van der Waals surface area contributed by atoms with E-state index in [0.717, 1.165) is 35.7 Å². The van der Waals surface area contributed by atoms with Gasteiger partial charge in [-0.3, -0.25) is 9.00 Å². The first-order valence-corrected chi connectivity index (χ1v) is 15.7. The van der Waals surface area contributed by atoms with Crippen LogP contribution in [0.4, 0.5) is 23.3 Å². The molecule has 5 heterocycles. The average Bonchev–Trinajstić information content (AvgIpc) is 3.38. The summed E-state index contributed by atoms with van der Waals surface area (Å²) in [6.07, 6.45) is 3.42. The molecule has 2 aliphatic rings. The van der Waals surface area contributed by atoms with Crippen LogP contribution in [0.1, 0.15) is 0 Å². The van der Waals surface area contributed by atoms with Crippen LogP contribution in [-0.4, -0.2) is 83.1 Å². The molecule has 0 radical (unpaired) electrons. The number of nitrogens with one attached hydrogen (secondary N) is 1. The van der Waals surface area contributed by atoms with Crippen LogP contribution in [0.25, 0.3) is 21.4 Å². The Morgan fingerprint density at radius 1 is 1.03 bits per heavy atom. The molecule has 1 aromatic carbocycles. The highest BCUT2D eigenvalue weighted by molar-refractivity contribution is 7.97. The Kier molecular flexibility index (Phi) is 7.02. The Bertz CT molecular complexity index is 1640. The van der Waals surface area contributed by atoms with Crippen molar-refractivity contribution in [1.82, 2.24) is 14.3 Å². The number of piperazine rings is 1. The summed E-state index contributed by atoms with van der Waals surface area (Å²) >= 11 is 1.40. The second-order valence-corrected chi connectivity index (χ2v) is 13.0. The molecule has 4 aromatic rings. The Morgan fingerprint density at radius 3 is 2.49 bits per heavy atom. The standard InChI is InChI=1S/C27H30N6O4S2/c1-39(2,35)33-11-9-31(10-12-33)23-7-8-28-27(30-23)29-20-5-3-19(4-6-20)21-18-38-26-22(34)17-24(37-25(21)26)32-13-15-36-16-14-32/h3-8,17-18H,1,9-16H2,2H3,(H,28,29,30). The molecule has 1 atom stereocenters. The van der Waals surface area contributed by atoms with E-state index in [-0.39, 0.29) is 5.43 Å². The van der Waals surface area contributed by atoms with Gasteiger partial charge in [0, 0.05) is 84.1 Å². The number of rotatable bonds is 6. The molecule has 1 unspecified atom stereocenters. The Labute approximate surface area is 231 Å². The van der Waals surface area contributed by atoms with Crippen molar-refractivity contribution in [2.24, 2.45) is 0 Å². The van der Waals surface area contributed by atoms with E-state index in [9.17, 15) is 9.00 Å². The van der Waals surface area contributed by atoms with Crippen molar-refractivity contribution in [2.45, 2.75) is 0 Å². The van der Waals surface area contributed by atoms with Crippen molar-refractivity contribution < 1.29 is 13.4 Å². The molecule has 0 aliphatic carbocycles. The first-order chi connectivity index (χ1) is 18.8. The number of fused-ring (bicyclic) bond motifs is 1. The highest BCUT2D eigenvalue weighted by atomic mass is 32.2. The van der Waals surface area contributed by atoms with E-state index in [1.165, 1.54) is 11.3 Å². The van der Waals surface area contributed by atoms with Gasteiger partial charge < -0.3 is 24.3 Å². The topological polar surface area (TPSA) is 104 Å². The molecule has 2 aliphatic heterocycles. The molecule has 39 heavy (non-hydrogen) atoms. The van der Waals surface area contributed by atoms with Gasteiger partial charge in [0.2, 0.25) is 11.4 Å². The maximum absolute atomic E-state index is 12.8. The quantitative estimate of drug-likeness (QED) is 0.352. The lowest BCUT2D eigenvalue weighted by atomic mass is 10.1. The van der Waals surface area contributed by atoms with Crippen molar-refractivity contribution >= 4 is 60.5 Å². The Balaban J connectivity index is 1.18. The second-order valence-electron chi connectivity index (χ2n) is 9.67. The lowest BCUT2D eigenvalue weighted by Gasteiger charge is -2.35. The summed E-state index contributed by atoms with van der Waals surface area (Å²) in [5, 5.41) is 5.25. The third-order valence-corrected chi connectivity index (χ3v) is 9.39. The summed E-state index contributed by atoms with van der Waals surface area (Å²) in [5.41, 5.74) is 3.28. The highest BCUT2D eigenvalue weighted by Crippen LogP contribution is 2.35. The third kappa shape index (κ3) is 5.50. The smallest absolute Gasteiger partial charge is 0.229 e. The van der Waals surface area contributed by atoms with E-state index in [1.807, 2.05) is 40.0 Å². The van der Waals surface area contributed by atoms with Crippen molar-refractivity contribution in [2.75, 3.05) is 73.9 Å². The number of morpholine rings is 1. The fourth-order valence-corrected chi connectivity index (χ4v) is 6.67. The van der Waals surface area contributed by atoms with Gasteiger partial charge in [0.15, 0.2) is 11.5 Å². The summed E-state index contributed by atoms with van der Waals surface area (Å²) in [5.74, 6) is 5.70. The van der Waals surface area contributed by atoms with Gasteiger partial charge in [-0.2, -0.15) is 4.98 Å². The van der Waals surface area contributed by atoms with Gasteiger partial charge in [-0.05, 0) is 29.6 Å². The molecule has 0 amide bonds. The van der Waals surface area contributed by atoms with Gasteiger partial charge in [0.25, 0.3) is 0 Å². The van der Waals surface area contributed by atoms with E-state index in [2.05, 4.69) is 26.0 Å². The zero-order valence-corrected chi connectivity index (χ0v) is 23.3. The number of ether oxygens (including phenoxy) is 1. The molecule has 3 aromatic heterocycles. The minimum absolute atomic E-state index is 0.0274. The average molecular weight is 567 g/mol. The van der Waals surface area contributed by atoms with Gasteiger partial charge in [-0.25, -0.2) is 9.29 Å². The predicted octanol–water partition coefficient (Wildman–Crippen LogP) is 3.27. The van der Waals surface area contributed by atoms with Gasteiger partial charge >= 0.3 is 0 Å². The summed E-state index contributed by atoms with van der Waals surface area (Å²) in [6, 6.07) is 11.4. The molecular formula is C27H30N6O4S2. The van der Waals surface area contributed by atoms with Crippen LogP contribution in [0.3, 0.4) is 0 Å². The van der Waals surface area contributed by atoms with Gasteiger partial charge in [-0.1, -0.05) is 12.1 Å². The molecule has 1 N–H and O–H groups in total. The van der Waals surface area contributed by atoms with E-state index in [1.54, 1.807) is 18.5 Å². The SMILES string of the molecule is C=S(C)(=O)N1CCN(c2ccnc(Nc3ccc(-c4csc5c(=O)cc(N6CCOCC6)oc45)cc3)n2)CC1. The maximum atomic E-state index is 12.8. The summed E-state index contributed by atoms with van der Waals surface area (Å²) in [6.45, 7) is 5.45. The van der Waals surface area contributed by atoms with Gasteiger partial charge in [0.1, 0.15) is 10.5 Å². The van der Waals surface area contributed by atoms with Crippen molar-refractivity contribution in [3.8, 4) is 11.1 Å². The van der Waals surface area contributed by atoms with Crippen LogP contribution in [0.5, 0.6) is 0 Å². The zero-order valence-electron chi connectivity index (χ0n) is 21.7. The van der Waals surface area contributed by atoms with Crippen LogP contribution in [-0.2, 0) is 14.4 Å². The van der Waals surface area contributed by atoms with E-state index in [0.29, 0.717) is 61.5 Å². The van der Waals surface area contributed by atoms with Crippen LogP contribution < -0.4 is 20.5 Å². The van der Waals surface area contributed by atoms with Crippen LogP contribution in [0, 0.1) is 0 Å². The molecule has 0 spiro atoms. The van der Waals surface area contributed by atoms with E-state index < -0.39 is 9.71 Å². The second kappa shape index (κ2) is 10.6.